The van der Waals surface area contributed by atoms with Gasteiger partial charge in [0.25, 0.3) is 0 Å². The lowest BCUT2D eigenvalue weighted by Crippen LogP contribution is -2.44. The van der Waals surface area contributed by atoms with Crippen LogP contribution >= 0.6 is 11.6 Å². The highest BCUT2D eigenvalue weighted by Gasteiger charge is 2.35. The summed E-state index contributed by atoms with van der Waals surface area (Å²) in [6.07, 6.45) is 7.85. The van der Waals surface area contributed by atoms with Gasteiger partial charge in [-0.3, -0.25) is 4.79 Å². The molecule has 1 saturated heterocycles. The quantitative estimate of drug-likeness (QED) is 0.378. The topological polar surface area (TPSA) is 70.6 Å². The van der Waals surface area contributed by atoms with E-state index < -0.39 is 10.0 Å². The van der Waals surface area contributed by atoms with E-state index in [-0.39, 0.29) is 35.0 Å². The molecule has 1 aliphatic heterocycles. The van der Waals surface area contributed by atoms with Crippen LogP contribution in [-0.4, -0.2) is 36.7 Å². The van der Waals surface area contributed by atoms with Crippen molar-refractivity contribution in [2.24, 2.45) is 5.92 Å². The van der Waals surface area contributed by atoms with Crippen molar-refractivity contribution >= 4 is 33.2 Å². The van der Waals surface area contributed by atoms with Gasteiger partial charge in [0.2, 0.25) is 15.9 Å². The average Bonchev–Trinajstić information content (AvgIpc) is 2.88. The summed E-state index contributed by atoms with van der Waals surface area (Å²) >= 11 is 6.03. The van der Waals surface area contributed by atoms with Crippen molar-refractivity contribution in [1.82, 2.24) is 9.29 Å². The maximum Gasteiger partial charge on any atom is 0.246 e. The lowest BCUT2D eigenvalue weighted by atomic mass is 9.95. The van der Waals surface area contributed by atoms with Crippen LogP contribution in [0.3, 0.4) is 0 Å². The van der Waals surface area contributed by atoms with Crippen LogP contribution in [0.4, 0.5) is 5.69 Å². The van der Waals surface area contributed by atoms with Gasteiger partial charge in [-0.15, -0.1) is 6.42 Å². The lowest BCUT2D eigenvalue weighted by Gasteiger charge is -2.34. The molecule has 3 aromatic rings. The van der Waals surface area contributed by atoms with Crippen molar-refractivity contribution in [2.45, 2.75) is 24.3 Å². The van der Waals surface area contributed by atoms with E-state index in [0.29, 0.717) is 24.9 Å². The first-order chi connectivity index (χ1) is 16.4. The summed E-state index contributed by atoms with van der Waals surface area (Å²) in [5.41, 5.74) is 2.41. The van der Waals surface area contributed by atoms with Gasteiger partial charge in [0.1, 0.15) is 10.0 Å². The second-order valence-corrected chi connectivity index (χ2v) is 10.3. The lowest BCUT2D eigenvalue weighted by molar-refractivity contribution is -0.123. The van der Waals surface area contributed by atoms with E-state index in [9.17, 15) is 13.2 Å². The SMILES string of the molecule is C#Cc1cccc(N(Cc2ccccc2)C(=O)C2CCN(S(=O)(=O)c3cccnc3Cl)CC2)c1. The second-order valence-electron chi connectivity index (χ2n) is 8.08. The molecule has 0 bridgehead atoms. The number of hydrogen-bond donors (Lipinski definition) is 0. The standard InChI is InChI=1S/C26H24ClN3O3S/c1-2-20-10-6-11-23(18-20)30(19-21-8-4-3-5-9-21)26(31)22-13-16-29(17-14-22)34(32,33)24-12-7-15-28-25(24)27/h1,3-12,15,18,22H,13-14,16-17,19H2. The van der Waals surface area contributed by atoms with Crippen LogP contribution in [0, 0.1) is 18.3 Å². The number of piperidine rings is 1. The van der Waals surface area contributed by atoms with Crippen LogP contribution in [0.25, 0.3) is 0 Å². The maximum absolute atomic E-state index is 13.7. The molecule has 0 unspecified atom stereocenters. The van der Waals surface area contributed by atoms with Crippen molar-refractivity contribution in [3.8, 4) is 12.3 Å². The molecule has 174 valence electrons. The normalized spacial score (nSPS) is 14.9. The van der Waals surface area contributed by atoms with Crippen LogP contribution in [0.5, 0.6) is 0 Å². The number of carbonyl (C=O) groups excluding carboxylic acids is 1. The van der Waals surface area contributed by atoms with E-state index in [0.717, 1.165) is 11.3 Å². The molecule has 8 heteroatoms. The fourth-order valence-corrected chi connectivity index (χ4v) is 5.99. The smallest absolute Gasteiger partial charge is 0.246 e. The Labute approximate surface area is 205 Å². The summed E-state index contributed by atoms with van der Waals surface area (Å²) in [5, 5.41) is -0.0527. The van der Waals surface area contributed by atoms with Crippen LogP contribution in [0.2, 0.25) is 5.15 Å². The molecule has 2 heterocycles. The predicted octanol–water partition coefficient (Wildman–Crippen LogP) is 4.35. The third kappa shape index (κ3) is 5.15. The molecule has 0 N–H and O–H groups in total. The highest BCUT2D eigenvalue weighted by molar-refractivity contribution is 7.89. The molecule has 0 spiro atoms. The fraction of sp³-hybridized carbons (Fsp3) is 0.231. The zero-order valence-electron chi connectivity index (χ0n) is 18.5. The Hall–Kier alpha value is -3.18. The van der Waals surface area contributed by atoms with Crippen LogP contribution < -0.4 is 4.90 Å². The van der Waals surface area contributed by atoms with Crippen LogP contribution in [0.1, 0.15) is 24.0 Å². The van der Waals surface area contributed by atoms with Gasteiger partial charge >= 0.3 is 0 Å². The van der Waals surface area contributed by atoms with Gasteiger partial charge in [-0.1, -0.05) is 53.9 Å². The number of aromatic nitrogens is 1. The Morgan fingerprint density at radius 2 is 1.82 bits per heavy atom. The van der Waals surface area contributed by atoms with Crippen molar-refractivity contribution in [2.75, 3.05) is 18.0 Å². The number of anilines is 1. The predicted molar refractivity (Wildman–Crippen MR) is 133 cm³/mol. The van der Waals surface area contributed by atoms with Crippen LogP contribution in [-0.2, 0) is 21.4 Å². The zero-order valence-corrected chi connectivity index (χ0v) is 20.0. The Morgan fingerprint density at radius 3 is 2.50 bits per heavy atom. The van der Waals surface area contributed by atoms with E-state index in [1.54, 1.807) is 11.0 Å². The Balaban J connectivity index is 1.54. The van der Waals surface area contributed by atoms with Crippen LogP contribution in [0.15, 0.2) is 77.8 Å². The number of hydrogen-bond acceptors (Lipinski definition) is 4. The number of nitrogens with zero attached hydrogens (tertiary/aromatic N) is 3. The third-order valence-corrected chi connectivity index (χ3v) is 8.26. The second kappa shape index (κ2) is 10.4. The molecule has 0 saturated carbocycles. The first-order valence-corrected chi connectivity index (χ1v) is 12.7. The Bertz CT molecular complexity index is 1310. The van der Waals surface area contributed by atoms with Gasteiger partial charge in [0, 0.05) is 36.5 Å². The maximum atomic E-state index is 13.7. The number of sulfonamides is 1. The summed E-state index contributed by atoms with van der Waals surface area (Å²) < 4.78 is 27.5. The highest BCUT2D eigenvalue weighted by Crippen LogP contribution is 2.30. The third-order valence-electron chi connectivity index (χ3n) is 5.92. The summed E-state index contributed by atoms with van der Waals surface area (Å²) in [6.45, 7) is 0.860. The fourth-order valence-electron chi connectivity index (χ4n) is 4.09. The molecular weight excluding hydrogens is 470 g/mol. The number of benzene rings is 2. The minimum Gasteiger partial charge on any atom is -0.308 e. The van der Waals surface area contributed by atoms with E-state index in [1.165, 1.54) is 16.6 Å². The molecule has 1 aromatic heterocycles. The molecule has 4 rings (SSSR count). The summed E-state index contributed by atoms with van der Waals surface area (Å²) in [4.78, 5) is 19.3. The molecule has 0 radical (unpaired) electrons. The number of rotatable bonds is 6. The molecule has 6 nitrogen and oxygen atoms in total. The Morgan fingerprint density at radius 1 is 1.09 bits per heavy atom. The molecule has 1 amide bonds. The van der Waals surface area contributed by atoms with Crippen molar-refractivity contribution < 1.29 is 13.2 Å². The summed E-state index contributed by atoms with van der Waals surface area (Å²) in [6, 6.07) is 20.1. The largest absolute Gasteiger partial charge is 0.308 e. The molecular formula is C26H24ClN3O3S. The minimum atomic E-state index is -3.78. The van der Waals surface area contributed by atoms with E-state index in [2.05, 4.69) is 10.9 Å². The first kappa shape index (κ1) is 24.0. The minimum absolute atomic E-state index is 0.0155. The molecule has 34 heavy (non-hydrogen) atoms. The first-order valence-electron chi connectivity index (χ1n) is 10.9. The van der Waals surface area contributed by atoms with Crippen molar-refractivity contribution in [1.29, 1.82) is 0 Å². The average molecular weight is 494 g/mol. The number of amides is 1. The van der Waals surface area contributed by atoms with Crippen molar-refractivity contribution in [3.05, 3.63) is 89.2 Å². The number of carbonyl (C=O) groups is 1. The number of halogens is 1. The summed E-state index contributed by atoms with van der Waals surface area (Å²) in [5.74, 6) is 2.26. The number of pyridine rings is 1. The van der Waals surface area contributed by atoms with Gasteiger partial charge in [-0.2, -0.15) is 4.31 Å². The highest BCUT2D eigenvalue weighted by atomic mass is 35.5. The molecule has 1 fully saturated rings. The zero-order chi connectivity index (χ0) is 24.1. The molecule has 0 atom stereocenters. The van der Waals surface area contributed by atoms with Gasteiger partial charge in [0.05, 0.1) is 6.54 Å². The van der Waals surface area contributed by atoms with Crippen molar-refractivity contribution in [3.63, 3.8) is 0 Å². The van der Waals surface area contributed by atoms with Gasteiger partial charge in [-0.25, -0.2) is 13.4 Å². The molecule has 1 aliphatic rings. The van der Waals surface area contributed by atoms with Gasteiger partial charge in [0.15, 0.2) is 0 Å². The Kier molecular flexibility index (Phi) is 7.32. The summed E-state index contributed by atoms with van der Waals surface area (Å²) in [7, 11) is -3.78. The molecule has 2 aromatic carbocycles. The monoisotopic (exact) mass is 493 g/mol. The molecule has 0 aliphatic carbocycles. The van der Waals surface area contributed by atoms with E-state index >= 15 is 0 Å². The van der Waals surface area contributed by atoms with E-state index in [1.807, 2.05) is 54.6 Å². The van der Waals surface area contributed by atoms with Gasteiger partial charge < -0.3 is 4.90 Å². The van der Waals surface area contributed by atoms with Gasteiger partial charge in [-0.05, 0) is 48.7 Å². The number of terminal acetylenes is 1. The van der Waals surface area contributed by atoms with E-state index in [4.69, 9.17) is 18.0 Å².